The topological polar surface area (TPSA) is 51.8 Å². The van der Waals surface area contributed by atoms with Crippen LogP contribution in [-0.2, 0) is 0 Å². The first-order valence-electron chi connectivity index (χ1n) is 4.21. The highest BCUT2D eigenvalue weighted by Crippen LogP contribution is 2.27. The third-order valence-electron chi connectivity index (χ3n) is 1.91. The van der Waals surface area contributed by atoms with Crippen LogP contribution in [0.1, 0.15) is 0 Å². The van der Waals surface area contributed by atoms with E-state index in [-0.39, 0.29) is 0 Å². The standard InChI is InChI=1S/C10H7BrClN3/c11-9-10(13)14-5-8(15-9)6-3-1-2-4-7(6)12/h1-5H,(H2,13,14). The van der Waals surface area contributed by atoms with Crippen molar-refractivity contribution in [2.45, 2.75) is 0 Å². The quantitative estimate of drug-likeness (QED) is 0.875. The first kappa shape index (κ1) is 10.4. The average molecular weight is 285 g/mol. The molecule has 5 heteroatoms. The van der Waals surface area contributed by atoms with Crippen molar-refractivity contribution < 1.29 is 0 Å². The molecule has 0 unspecified atom stereocenters. The summed E-state index contributed by atoms with van der Waals surface area (Å²) < 4.78 is 0.528. The molecule has 0 spiro atoms. The fourth-order valence-corrected chi connectivity index (χ4v) is 1.70. The lowest BCUT2D eigenvalue weighted by atomic mass is 10.2. The summed E-state index contributed by atoms with van der Waals surface area (Å²) in [5.41, 5.74) is 7.09. The maximum absolute atomic E-state index is 6.04. The van der Waals surface area contributed by atoms with Gasteiger partial charge in [0.15, 0.2) is 5.82 Å². The normalized spacial score (nSPS) is 10.3. The fraction of sp³-hybridized carbons (Fsp3) is 0. The van der Waals surface area contributed by atoms with Gasteiger partial charge in [0, 0.05) is 5.56 Å². The Balaban J connectivity index is 2.55. The number of benzene rings is 1. The number of halogens is 2. The molecule has 76 valence electrons. The Kier molecular flexibility index (Phi) is 2.88. The minimum absolute atomic E-state index is 0.366. The van der Waals surface area contributed by atoms with Crippen LogP contribution < -0.4 is 5.73 Å². The summed E-state index contributed by atoms with van der Waals surface area (Å²) in [5.74, 6) is 0.366. The number of hydrogen-bond donors (Lipinski definition) is 1. The third kappa shape index (κ3) is 2.11. The summed E-state index contributed by atoms with van der Waals surface area (Å²) in [5, 5.41) is 0.642. The van der Waals surface area contributed by atoms with Gasteiger partial charge in [-0.05, 0) is 22.0 Å². The van der Waals surface area contributed by atoms with Crippen LogP contribution in [0.15, 0.2) is 35.1 Å². The van der Waals surface area contributed by atoms with Crippen molar-refractivity contribution in [2.24, 2.45) is 0 Å². The summed E-state index contributed by atoms with van der Waals surface area (Å²) in [6.07, 6.45) is 1.60. The van der Waals surface area contributed by atoms with Crippen LogP contribution >= 0.6 is 27.5 Å². The van der Waals surface area contributed by atoms with E-state index in [1.807, 2.05) is 24.3 Å². The lowest BCUT2D eigenvalue weighted by Gasteiger charge is -2.04. The third-order valence-corrected chi connectivity index (χ3v) is 2.82. The van der Waals surface area contributed by atoms with Gasteiger partial charge in [-0.1, -0.05) is 29.8 Å². The number of hydrogen-bond acceptors (Lipinski definition) is 3. The molecule has 0 fully saturated rings. The molecular weight excluding hydrogens is 277 g/mol. The van der Waals surface area contributed by atoms with E-state index in [0.717, 1.165) is 5.56 Å². The van der Waals surface area contributed by atoms with E-state index in [9.17, 15) is 0 Å². The Morgan fingerprint density at radius 1 is 1.27 bits per heavy atom. The summed E-state index contributed by atoms with van der Waals surface area (Å²) in [6, 6.07) is 7.45. The van der Waals surface area contributed by atoms with E-state index in [1.54, 1.807) is 6.20 Å². The molecule has 0 atom stereocenters. The van der Waals surface area contributed by atoms with Crippen LogP contribution in [0, 0.1) is 0 Å². The number of aromatic nitrogens is 2. The Hall–Kier alpha value is -1.13. The fourth-order valence-electron chi connectivity index (χ4n) is 1.17. The van der Waals surface area contributed by atoms with Crippen LogP contribution in [0.4, 0.5) is 5.82 Å². The van der Waals surface area contributed by atoms with E-state index >= 15 is 0 Å². The smallest absolute Gasteiger partial charge is 0.156 e. The maximum Gasteiger partial charge on any atom is 0.156 e. The van der Waals surface area contributed by atoms with Crippen LogP contribution in [0.3, 0.4) is 0 Å². The molecule has 1 aromatic heterocycles. The monoisotopic (exact) mass is 283 g/mol. The second-order valence-electron chi connectivity index (χ2n) is 2.91. The van der Waals surface area contributed by atoms with Gasteiger partial charge >= 0.3 is 0 Å². The zero-order chi connectivity index (χ0) is 10.8. The van der Waals surface area contributed by atoms with Crippen molar-refractivity contribution in [1.29, 1.82) is 0 Å². The number of nitrogen functional groups attached to an aromatic ring is 1. The van der Waals surface area contributed by atoms with Gasteiger partial charge in [0.1, 0.15) is 4.60 Å². The number of anilines is 1. The number of nitrogens with zero attached hydrogens (tertiary/aromatic N) is 2. The van der Waals surface area contributed by atoms with E-state index < -0.39 is 0 Å². The molecule has 2 rings (SSSR count). The molecule has 0 saturated carbocycles. The molecule has 0 amide bonds. The molecule has 1 heterocycles. The van der Waals surface area contributed by atoms with Gasteiger partial charge in [-0.15, -0.1) is 0 Å². The highest BCUT2D eigenvalue weighted by Gasteiger charge is 2.06. The summed E-state index contributed by atoms with van der Waals surface area (Å²) >= 11 is 9.26. The van der Waals surface area contributed by atoms with Gasteiger partial charge in [-0.3, -0.25) is 0 Å². The zero-order valence-corrected chi connectivity index (χ0v) is 9.96. The summed E-state index contributed by atoms with van der Waals surface area (Å²) in [4.78, 5) is 8.25. The van der Waals surface area contributed by atoms with Crippen LogP contribution in [0.2, 0.25) is 5.02 Å². The van der Waals surface area contributed by atoms with E-state index in [4.69, 9.17) is 17.3 Å². The predicted molar refractivity (Wildman–Crippen MR) is 64.6 cm³/mol. The maximum atomic E-state index is 6.04. The van der Waals surface area contributed by atoms with Crippen molar-refractivity contribution in [3.8, 4) is 11.3 Å². The molecule has 0 aliphatic heterocycles. The first-order chi connectivity index (χ1) is 7.18. The van der Waals surface area contributed by atoms with Gasteiger partial charge in [0.2, 0.25) is 0 Å². The number of rotatable bonds is 1. The highest BCUT2D eigenvalue weighted by atomic mass is 79.9. The van der Waals surface area contributed by atoms with E-state index in [0.29, 0.717) is 21.1 Å². The molecule has 0 aliphatic carbocycles. The van der Waals surface area contributed by atoms with Gasteiger partial charge in [-0.25, -0.2) is 9.97 Å². The minimum Gasteiger partial charge on any atom is -0.381 e. The van der Waals surface area contributed by atoms with Crippen LogP contribution in [0.25, 0.3) is 11.3 Å². The molecule has 3 nitrogen and oxygen atoms in total. The molecule has 1 aromatic carbocycles. The molecular formula is C10H7BrClN3. The minimum atomic E-state index is 0.366. The Labute approximate surface area is 100 Å². The van der Waals surface area contributed by atoms with Gasteiger partial charge in [-0.2, -0.15) is 0 Å². The molecule has 0 saturated heterocycles. The summed E-state index contributed by atoms with van der Waals surface area (Å²) in [6.45, 7) is 0. The van der Waals surface area contributed by atoms with Crippen molar-refractivity contribution in [3.63, 3.8) is 0 Å². The lowest BCUT2D eigenvalue weighted by Crippen LogP contribution is -1.95. The lowest BCUT2D eigenvalue weighted by molar-refractivity contribution is 1.18. The SMILES string of the molecule is Nc1ncc(-c2ccccc2Cl)nc1Br. The summed E-state index contributed by atoms with van der Waals surface area (Å²) in [7, 11) is 0. The molecule has 0 aliphatic rings. The molecule has 0 bridgehead atoms. The molecule has 0 radical (unpaired) electrons. The van der Waals surface area contributed by atoms with Gasteiger partial charge < -0.3 is 5.73 Å². The first-order valence-corrected chi connectivity index (χ1v) is 5.38. The highest BCUT2D eigenvalue weighted by molar-refractivity contribution is 9.10. The Bertz CT molecular complexity index is 502. The van der Waals surface area contributed by atoms with Gasteiger partial charge in [0.25, 0.3) is 0 Å². The number of nitrogens with two attached hydrogens (primary N) is 1. The molecule has 2 N–H and O–H groups in total. The van der Waals surface area contributed by atoms with Gasteiger partial charge in [0.05, 0.1) is 16.9 Å². The van der Waals surface area contributed by atoms with E-state index in [2.05, 4.69) is 25.9 Å². The van der Waals surface area contributed by atoms with Crippen molar-refractivity contribution >= 4 is 33.3 Å². The molecule has 15 heavy (non-hydrogen) atoms. The predicted octanol–water partition coefficient (Wildman–Crippen LogP) is 3.14. The zero-order valence-electron chi connectivity index (χ0n) is 7.61. The van der Waals surface area contributed by atoms with E-state index in [1.165, 1.54) is 0 Å². The largest absolute Gasteiger partial charge is 0.381 e. The van der Waals surface area contributed by atoms with Crippen molar-refractivity contribution in [3.05, 3.63) is 40.1 Å². The Morgan fingerprint density at radius 2 is 2.00 bits per heavy atom. The van der Waals surface area contributed by atoms with Crippen LogP contribution in [0.5, 0.6) is 0 Å². The Morgan fingerprint density at radius 3 is 2.67 bits per heavy atom. The second kappa shape index (κ2) is 4.16. The van der Waals surface area contributed by atoms with Crippen molar-refractivity contribution in [2.75, 3.05) is 5.73 Å². The second-order valence-corrected chi connectivity index (χ2v) is 4.07. The van der Waals surface area contributed by atoms with Crippen molar-refractivity contribution in [1.82, 2.24) is 9.97 Å². The van der Waals surface area contributed by atoms with Crippen LogP contribution in [-0.4, -0.2) is 9.97 Å². The molecule has 2 aromatic rings. The average Bonchev–Trinajstić information content (AvgIpc) is 2.23.